The van der Waals surface area contributed by atoms with Crippen molar-refractivity contribution in [3.05, 3.63) is 64.7 Å². The van der Waals surface area contributed by atoms with Crippen LogP contribution in [0.2, 0.25) is 0 Å². The molecule has 1 aliphatic carbocycles. The van der Waals surface area contributed by atoms with E-state index in [0.29, 0.717) is 17.2 Å². The van der Waals surface area contributed by atoms with E-state index >= 15 is 0 Å². The van der Waals surface area contributed by atoms with Crippen LogP contribution in [-0.2, 0) is 0 Å². The van der Waals surface area contributed by atoms with Crippen molar-refractivity contribution in [2.45, 2.75) is 51.5 Å². The van der Waals surface area contributed by atoms with Crippen LogP contribution in [0.3, 0.4) is 0 Å². The number of aryl methyl sites for hydroxylation is 2. The fraction of sp³-hybridized carbons (Fsp3) is 0.400. The Hall–Kier alpha value is -1.90. The van der Waals surface area contributed by atoms with Crippen molar-refractivity contribution >= 4 is 5.69 Å². The molecule has 0 heterocycles. The van der Waals surface area contributed by atoms with Gasteiger partial charge in [-0.05, 0) is 80.3 Å². The Kier molecular flexibility index (Phi) is 4.65. The first-order valence-electron chi connectivity index (χ1n) is 8.31. The highest BCUT2D eigenvalue weighted by atomic mass is 19.1. The number of hydrogen-bond acceptors (Lipinski definition) is 1. The molecule has 3 heteroatoms. The smallest absolute Gasteiger partial charge is 0.149 e. The van der Waals surface area contributed by atoms with Crippen molar-refractivity contribution in [3.8, 4) is 0 Å². The van der Waals surface area contributed by atoms with Crippen LogP contribution in [0, 0.1) is 25.5 Å². The topological polar surface area (TPSA) is 12.0 Å². The summed E-state index contributed by atoms with van der Waals surface area (Å²) in [5.41, 5.74) is 3.33. The van der Waals surface area contributed by atoms with Gasteiger partial charge in [-0.1, -0.05) is 18.2 Å². The van der Waals surface area contributed by atoms with Gasteiger partial charge in [0.25, 0.3) is 0 Å². The van der Waals surface area contributed by atoms with Gasteiger partial charge in [-0.25, -0.2) is 8.78 Å². The van der Waals surface area contributed by atoms with Crippen molar-refractivity contribution < 1.29 is 8.78 Å². The van der Waals surface area contributed by atoms with E-state index in [4.69, 9.17) is 0 Å². The minimum Gasteiger partial charge on any atom is -0.380 e. The number of anilines is 1. The molecule has 2 aromatic carbocycles. The maximum absolute atomic E-state index is 14.1. The fourth-order valence-corrected chi connectivity index (χ4v) is 3.55. The minimum atomic E-state index is -0.157. The predicted octanol–water partition coefficient (Wildman–Crippen LogP) is 5.72. The van der Waals surface area contributed by atoms with Crippen LogP contribution in [0.15, 0.2) is 36.4 Å². The van der Waals surface area contributed by atoms with Gasteiger partial charge in [-0.15, -0.1) is 0 Å². The number of rotatable bonds is 3. The average molecular weight is 315 g/mol. The van der Waals surface area contributed by atoms with Crippen LogP contribution in [0.4, 0.5) is 14.5 Å². The van der Waals surface area contributed by atoms with Gasteiger partial charge in [0, 0.05) is 6.04 Å². The summed E-state index contributed by atoms with van der Waals surface area (Å²) in [5, 5.41) is 3.34. The minimum absolute atomic E-state index is 0.151. The maximum atomic E-state index is 14.1. The van der Waals surface area contributed by atoms with Crippen LogP contribution < -0.4 is 5.32 Å². The molecular formula is C20H23F2N. The van der Waals surface area contributed by atoms with E-state index in [1.54, 1.807) is 31.2 Å². The molecule has 2 aromatic rings. The largest absolute Gasteiger partial charge is 0.380 e. The molecule has 1 saturated carbocycles. The van der Waals surface area contributed by atoms with E-state index < -0.39 is 0 Å². The lowest BCUT2D eigenvalue weighted by Crippen LogP contribution is -2.26. The van der Waals surface area contributed by atoms with Gasteiger partial charge < -0.3 is 5.32 Å². The molecule has 0 bridgehead atoms. The molecule has 0 aliphatic heterocycles. The van der Waals surface area contributed by atoms with Gasteiger partial charge in [0.15, 0.2) is 0 Å². The molecule has 0 atom stereocenters. The summed E-state index contributed by atoms with van der Waals surface area (Å²) in [6.07, 6.45) is 3.98. The lowest BCUT2D eigenvalue weighted by Gasteiger charge is -2.30. The Morgan fingerprint density at radius 2 is 1.70 bits per heavy atom. The van der Waals surface area contributed by atoms with Crippen LogP contribution in [0.25, 0.3) is 0 Å². The first-order chi connectivity index (χ1) is 11.0. The van der Waals surface area contributed by atoms with Crippen LogP contribution in [0.5, 0.6) is 0 Å². The molecule has 1 nitrogen and oxygen atoms in total. The van der Waals surface area contributed by atoms with Crippen molar-refractivity contribution in [2.24, 2.45) is 0 Å². The zero-order chi connectivity index (χ0) is 16.4. The predicted molar refractivity (Wildman–Crippen MR) is 90.9 cm³/mol. The summed E-state index contributed by atoms with van der Waals surface area (Å²) in [5.74, 6) is 0.0993. The standard InChI is InChI=1S/C20H23F2N/c1-13-10-16(12-17(21)11-13)15-6-8-18(9-7-15)23-19-5-3-4-14(2)20(19)22/h3-5,10-12,15,18,23H,6-9H2,1-2H3. The van der Waals surface area contributed by atoms with E-state index in [1.807, 2.05) is 13.0 Å². The SMILES string of the molecule is Cc1cc(F)cc(C2CCC(Nc3cccc(C)c3F)CC2)c1. The molecule has 0 saturated heterocycles. The summed E-state index contributed by atoms with van der Waals surface area (Å²) >= 11 is 0. The van der Waals surface area contributed by atoms with Crippen molar-refractivity contribution in [3.63, 3.8) is 0 Å². The normalized spacial score (nSPS) is 21.2. The highest BCUT2D eigenvalue weighted by molar-refractivity contribution is 5.48. The first kappa shape index (κ1) is 16.0. The van der Waals surface area contributed by atoms with Crippen LogP contribution in [0.1, 0.15) is 48.3 Å². The summed E-state index contributed by atoms with van der Waals surface area (Å²) < 4.78 is 27.7. The molecule has 3 rings (SSSR count). The Labute approximate surface area is 136 Å². The Bertz CT molecular complexity index is 668. The van der Waals surface area contributed by atoms with Gasteiger partial charge in [0.1, 0.15) is 11.6 Å². The maximum Gasteiger partial charge on any atom is 0.149 e. The first-order valence-corrected chi connectivity index (χ1v) is 8.31. The second-order valence-electron chi connectivity index (χ2n) is 6.69. The zero-order valence-corrected chi connectivity index (χ0v) is 13.7. The molecule has 1 N–H and O–H groups in total. The monoisotopic (exact) mass is 315 g/mol. The highest BCUT2D eigenvalue weighted by Gasteiger charge is 2.23. The molecule has 0 spiro atoms. The molecule has 23 heavy (non-hydrogen) atoms. The third kappa shape index (κ3) is 3.72. The summed E-state index contributed by atoms with van der Waals surface area (Å²) in [6, 6.07) is 11.1. The fourth-order valence-electron chi connectivity index (χ4n) is 3.55. The summed E-state index contributed by atoms with van der Waals surface area (Å²) in [6.45, 7) is 3.71. The molecular weight excluding hydrogens is 292 g/mol. The van der Waals surface area contributed by atoms with Gasteiger partial charge in [0.2, 0.25) is 0 Å². The molecule has 0 radical (unpaired) electrons. The van der Waals surface area contributed by atoms with Gasteiger partial charge in [-0.2, -0.15) is 0 Å². The number of nitrogens with one attached hydrogen (secondary N) is 1. The van der Waals surface area contributed by atoms with Crippen molar-refractivity contribution in [1.82, 2.24) is 0 Å². The molecule has 0 unspecified atom stereocenters. The summed E-state index contributed by atoms with van der Waals surface area (Å²) in [7, 11) is 0. The summed E-state index contributed by atoms with van der Waals surface area (Å²) in [4.78, 5) is 0. The van der Waals surface area contributed by atoms with E-state index in [2.05, 4.69) is 11.4 Å². The number of benzene rings is 2. The van der Waals surface area contributed by atoms with E-state index in [9.17, 15) is 8.78 Å². The third-order valence-electron chi connectivity index (χ3n) is 4.81. The van der Waals surface area contributed by atoms with E-state index in [0.717, 1.165) is 36.8 Å². The molecule has 1 aliphatic rings. The Morgan fingerprint density at radius 1 is 0.957 bits per heavy atom. The lowest BCUT2D eigenvalue weighted by molar-refractivity contribution is 0.410. The third-order valence-corrected chi connectivity index (χ3v) is 4.81. The van der Waals surface area contributed by atoms with E-state index in [-0.39, 0.29) is 17.7 Å². The zero-order valence-electron chi connectivity index (χ0n) is 13.7. The molecule has 0 amide bonds. The molecule has 122 valence electrons. The highest BCUT2D eigenvalue weighted by Crippen LogP contribution is 2.35. The van der Waals surface area contributed by atoms with Gasteiger partial charge in [-0.3, -0.25) is 0 Å². The Balaban J connectivity index is 1.63. The van der Waals surface area contributed by atoms with Gasteiger partial charge >= 0.3 is 0 Å². The average Bonchev–Trinajstić information content (AvgIpc) is 2.52. The van der Waals surface area contributed by atoms with Crippen LogP contribution >= 0.6 is 0 Å². The van der Waals surface area contributed by atoms with Crippen molar-refractivity contribution in [1.29, 1.82) is 0 Å². The number of halogens is 2. The Morgan fingerprint density at radius 3 is 2.39 bits per heavy atom. The van der Waals surface area contributed by atoms with Crippen LogP contribution in [-0.4, -0.2) is 6.04 Å². The second-order valence-corrected chi connectivity index (χ2v) is 6.69. The lowest BCUT2D eigenvalue weighted by atomic mass is 9.81. The molecule has 1 fully saturated rings. The number of hydrogen-bond donors (Lipinski definition) is 1. The van der Waals surface area contributed by atoms with Crippen molar-refractivity contribution in [2.75, 3.05) is 5.32 Å². The second kappa shape index (κ2) is 6.69. The quantitative estimate of drug-likeness (QED) is 0.764. The molecule has 0 aromatic heterocycles. The van der Waals surface area contributed by atoms with Gasteiger partial charge in [0.05, 0.1) is 5.69 Å². The van der Waals surface area contributed by atoms with E-state index in [1.165, 1.54) is 0 Å².